The molecule has 1 aromatic heterocycles. The molecule has 0 atom stereocenters. The molecule has 0 aliphatic carbocycles. The topological polar surface area (TPSA) is 108 Å². The summed E-state index contributed by atoms with van der Waals surface area (Å²) in [5, 5.41) is 10.3. The molecular formula is C28H26N2O6S. The number of nitrogens with zero attached hydrogens (tertiary/aromatic N) is 2. The Morgan fingerprint density at radius 3 is 2.19 bits per heavy atom. The number of allylic oxidation sites excluding steroid dienone is 1. The molecule has 0 aliphatic rings. The SMILES string of the molecule is COc1ccc(CC(C(=O)c2ccc(OC(C)C)cc2)=C(C(=O)O)c2ccc3nsnc3c2)cc1OC. The number of aromatic nitrogens is 2. The van der Waals surface area contributed by atoms with Crippen molar-refractivity contribution in [3.05, 3.63) is 82.9 Å². The summed E-state index contributed by atoms with van der Waals surface area (Å²) in [6.45, 7) is 3.83. The van der Waals surface area contributed by atoms with Gasteiger partial charge in [-0.2, -0.15) is 8.75 Å². The maximum absolute atomic E-state index is 13.8. The highest BCUT2D eigenvalue weighted by molar-refractivity contribution is 7.00. The Bertz CT molecular complexity index is 1470. The summed E-state index contributed by atoms with van der Waals surface area (Å²) in [4.78, 5) is 26.5. The Kier molecular flexibility index (Phi) is 7.83. The number of hydrogen-bond donors (Lipinski definition) is 1. The molecule has 0 saturated heterocycles. The molecule has 37 heavy (non-hydrogen) atoms. The molecule has 0 bridgehead atoms. The van der Waals surface area contributed by atoms with Gasteiger partial charge in [-0.25, -0.2) is 4.79 Å². The third-order valence-corrected chi connectivity index (χ3v) is 6.21. The fourth-order valence-electron chi connectivity index (χ4n) is 3.97. The van der Waals surface area contributed by atoms with Gasteiger partial charge in [-0.1, -0.05) is 12.1 Å². The van der Waals surface area contributed by atoms with Gasteiger partial charge >= 0.3 is 5.97 Å². The van der Waals surface area contributed by atoms with E-state index in [0.29, 0.717) is 45.0 Å². The van der Waals surface area contributed by atoms with Crippen molar-refractivity contribution >= 4 is 40.1 Å². The van der Waals surface area contributed by atoms with Crippen molar-refractivity contribution in [2.75, 3.05) is 14.2 Å². The van der Waals surface area contributed by atoms with Crippen LogP contribution in [0.15, 0.2) is 66.2 Å². The molecular weight excluding hydrogens is 492 g/mol. The standard InChI is InChI=1S/C28H26N2O6S/c1-16(2)36-20-9-6-18(7-10-20)27(31)21(13-17-5-12-24(34-3)25(14-17)35-4)26(28(32)33)19-8-11-22-23(15-19)30-37-29-22/h5-12,14-16H,13H2,1-4H3,(H,32,33). The van der Waals surface area contributed by atoms with Gasteiger partial charge in [0.25, 0.3) is 0 Å². The summed E-state index contributed by atoms with van der Waals surface area (Å²) in [5.41, 5.74) is 2.66. The highest BCUT2D eigenvalue weighted by Gasteiger charge is 2.25. The number of rotatable bonds is 10. The number of ether oxygens (including phenoxy) is 3. The molecule has 3 aromatic carbocycles. The largest absolute Gasteiger partial charge is 0.493 e. The first kappa shape index (κ1) is 25.8. The number of carboxylic acid groups (broad SMARTS) is 1. The smallest absolute Gasteiger partial charge is 0.336 e. The van der Waals surface area contributed by atoms with Crippen LogP contribution in [0.3, 0.4) is 0 Å². The minimum atomic E-state index is -1.22. The first-order valence-electron chi connectivity index (χ1n) is 11.5. The van der Waals surface area contributed by atoms with Gasteiger partial charge in [0.05, 0.1) is 37.6 Å². The van der Waals surface area contributed by atoms with Crippen molar-refractivity contribution in [2.24, 2.45) is 0 Å². The normalized spacial score (nSPS) is 11.8. The number of ketones is 1. The number of Topliss-reactive ketones (excluding diaryl/α,β-unsaturated/α-hetero) is 1. The van der Waals surface area contributed by atoms with Crippen LogP contribution in [0.2, 0.25) is 0 Å². The van der Waals surface area contributed by atoms with Crippen molar-refractivity contribution in [3.63, 3.8) is 0 Å². The Morgan fingerprint density at radius 2 is 1.54 bits per heavy atom. The number of aliphatic carboxylic acids is 1. The van der Waals surface area contributed by atoms with E-state index in [1.54, 1.807) is 60.7 Å². The molecule has 8 nitrogen and oxygen atoms in total. The lowest BCUT2D eigenvalue weighted by Crippen LogP contribution is -2.14. The molecule has 0 radical (unpaired) electrons. The van der Waals surface area contributed by atoms with Crippen LogP contribution in [0.1, 0.15) is 35.3 Å². The Balaban J connectivity index is 1.85. The second-order valence-corrected chi connectivity index (χ2v) is 9.04. The molecule has 0 fully saturated rings. The van der Waals surface area contributed by atoms with Crippen LogP contribution in [0, 0.1) is 0 Å². The number of carboxylic acids is 1. The Labute approximate surface area is 218 Å². The van der Waals surface area contributed by atoms with E-state index in [0.717, 1.165) is 11.7 Å². The lowest BCUT2D eigenvalue weighted by Gasteiger charge is -2.15. The van der Waals surface area contributed by atoms with Crippen molar-refractivity contribution in [2.45, 2.75) is 26.4 Å². The molecule has 0 spiro atoms. The average Bonchev–Trinajstić information content (AvgIpc) is 3.36. The second kappa shape index (κ2) is 11.2. The molecule has 9 heteroatoms. The lowest BCUT2D eigenvalue weighted by molar-refractivity contribution is -0.130. The maximum Gasteiger partial charge on any atom is 0.336 e. The van der Waals surface area contributed by atoms with E-state index < -0.39 is 11.8 Å². The quantitative estimate of drug-likeness (QED) is 0.218. The van der Waals surface area contributed by atoms with Crippen LogP contribution in [0.4, 0.5) is 0 Å². The summed E-state index contributed by atoms with van der Waals surface area (Å²) in [6.07, 6.45) is 0.0362. The van der Waals surface area contributed by atoms with E-state index >= 15 is 0 Å². The lowest BCUT2D eigenvalue weighted by atomic mass is 9.89. The zero-order valence-corrected chi connectivity index (χ0v) is 21.7. The van der Waals surface area contributed by atoms with Gasteiger partial charge < -0.3 is 19.3 Å². The van der Waals surface area contributed by atoms with Crippen LogP contribution in [-0.2, 0) is 11.2 Å². The van der Waals surface area contributed by atoms with E-state index in [-0.39, 0.29) is 23.7 Å². The average molecular weight is 519 g/mol. The first-order chi connectivity index (χ1) is 17.8. The molecule has 0 unspecified atom stereocenters. The first-order valence-corrected chi connectivity index (χ1v) is 12.2. The number of hydrogen-bond acceptors (Lipinski definition) is 8. The number of carbonyl (C=O) groups excluding carboxylic acids is 1. The van der Waals surface area contributed by atoms with E-state index in [1.807, 2.05) is 13.8 Å². The molecule has 4 aromatic rings. The maximum atomic E-state index is 13.8. The van der Waals surface area contributed by atoms with Crippen molar-refractivity contribution in [3.8, 4) is 17.2 Å². The third-order valence-electron chi connectivity index (χ3n) is 5.65. The van der Waals surface area contributed by atoms with Crippen LogP contribution in [-0.4, -0.2) is 45.9 Å². The Hall–Kier alpha value is -4.24. The Morgan fingerprint density at radius 1 is 0.865 bits per heavy atom. The summed E-state index contributed by atoms with van der Waals surface area (Å²) in [6, 6.07) is 16.9. The fraction of sp³-hybridized carbons (Fsp3) is 0.214. The van der Waals surface area contributed by atoms with Gasteiger partial charge in [0.15, 0.2) is 17.3 Å². The van der Waals surface area contributed by atoms with Gasteiger partial charge in [-0.05, 0) is 73.5 Å². The monoisotopic (exact) mass is 518 g/mol. The van der Waals surface area contributed by atoms with Gasteiger partial charge in [0.2, 0.25) is 0 Å². The summed E-state index contributed by atoms with van der Waals surface area (Å²) in [5.74, 6) is 0.0143. The van der Waals surface area contributed by atoms with Crippen LogP contribution in [0.25, 0.3) is 16.6 Å². The molecule has 0 saturated carbocycles. The molecule has 0 amide bonds. The van der Waals surface area contributed by atoms with Gasteiger partial charge in [0, 0.05) is 17.6 Å². The number of carbonyl (C=O) groups is 2. The zero-order valence-electron chi connectivity index (χ0n) is 20.8. The highest BCUT2D eigenvalue weighted by Crippen LogP contribution is 2.32. The van der Waals surface area contributed by atoms with Gasteiger partial charge in [-0.15, -0.1) is 0 Å². The highest BCUT2D eigenvalue weighted by atomic mass is 32.1. The van der Waals surface area contributed by atoms with E-state index in [1.165, 1.54) is 14.2 Å². The molecule has 4 rings (SSSR count). The summed E-state index contributed by atoms with van der Waals surface area (Å²) >= 11 is 1.04. The molecule has 0 aliphatic heterocycles. The van der Waals surface area contributed by atoms with Crippen LogP contribution in [0.5, 0.6) is 17.2 Å². The molecule has 1 heterocycles. The number of benzene rings is 3. The van der Waals surface area contributed by atoms with Crippen molar-refractivity contribution in [1.29, 1.82) is 0 Å². The molecule has 1 N–H and O–H groups in total. The van der Waals surface area contributed by atoms with Gasteiger partial charge in [0.1, 0.15) is 16.8 Å². The van der Waals surface area contributed by atoms with Crippen molar-refractivity contribution < 1.29 is 28.9 Å². The predicted molar refractivity (Wildman–Crippen MR) is 142 cm³/mol. The number of methoxy groups -OCH3 is 2. The van der Waals surface area contributed by atoms with Crippen molar-refractivity contribution in [1.82, 2.24) is 8.75 Å². The summed E-state index contributed by atoms with van der Waals surface area (Å²) in [7, 11) is 3.05. The minimum absolute atomic E-state index is 0.0178. The second-order valence-electron chi connectivity index (χ2n) is 8.51. The predicted octanol–water partition coefficient (Wildman–Crippen LogP) is 5.46. The third kappa shape index (κ3) is 5.78. The van der Waals surface area contributed by atoms with Crippen LogP contribution < -0.4 is 14.2 Å². The van der Waals surface area contributed by atoms with E-state index in [9.17, 15) is 14.7 Å². The number of fused-ring (bicyclic) bond motifs is 1. The zero-order chi connectivity index (χ0) is 26.5. The van der Waals surface area contributed by atoms with E-state index in [2.05, 4.69) is 8.75 Å². The molecule has 190 valence electrons. The van der Waals surface area contributed by atoms with Gasteiger partial charge in [-0.3, -0.25) is 4.79 Å². The summed E-state index contributed by atoms with van der Waals surface area (Å²) < 4.78 is 24.8. The van der Waals surface area contributed by atoms with Crippen LogP contribution >= 0.6 is 11.7 Å². The fourth-order valence-corrected chi connectivity index (χ4v) is 4.49. The minimum Gasteiger partial charge on any atom is -0.493 e. The van der Waals surface area contributed by atoms with E-state index in [4.69, 9.17) is 14.2 Å².